The summed E-state index contributed by atoms with van der Waals surface area (Å²) in [5.41, 5.74) is 6.92. The summed E-state index contributed by atoms with van der Waals surface area (Å²) in [6.07, 6.45) is 2.01. The molecule has 0 spiro atoms. The Hall–Kier alpha value is -1.96. The third kappa shape index (κ3) is 4.77. The Morgan fingerprint density at radius 2 is 2.00 bits per heavy atom. The van der Waals surface area contributed by atoms with Gasteiger partial charge in [-0.2, -0.15) is 0 Å². The van der Waals surface area contributed by atoms with Crippen LogP contribution < -0.4 is 11.3 Å². The Labute approximate surface area is 149 Å². The number of halogens is 1. The van der Waals surface area contributed by atoms with E-state index in [1.807, 2.05) is 18.2 Å². The number of nitrogens with two attached hydrogens (primary N) is 1. The number of aliphatic carboxylic acids is 1. The maximum Gasteiger partial charge on any atom is 0.303 e. The summed E-state index contributed by atoms with van der Waals surface area (Å²) in [5.74, 6) is 0.149. The van der Waals surface area contributed by atoms with Crippen molar-refractivity contribution in [1.29, 1.82) is 0 Å². The number of rotatable bonds is 4. The first-order valence-electron chi connectivity index (χ1n) is 7.24. The van der Waals surface area contributed by atoms with E-state index in [2.05, 4.69) is 16.0 Å². The van der Waals surface area contributed by atoms with E-state index in [-0.39, 0.29) is 24.4 Å². The SMILES string of the molecule is CCC(=O)O.Cl.NCCSc1ccc2[nH]c(=O)c3[nH]ccc3c2c1. The molecule has 3 rings (SSSR count). The number of hydrogen-bond acceptors (Lipinski definition) is 4. The molecule has 0 saturated carbocycles. The van der Waals surface area contributed by atoms with Crippen LogP contribution in [0.5, 0.6) is 0 Å². The predicted octanol–water partition coefficient (Wildman–Crippen LogP) is 2.96. The average Bonchev–Trinajstić information content (AvgIpc) is 3.04. The Kier molecular flexibility index (Phi) is 7.84. The lowest BCUT2D eigenvalue weighted by Gasteiger charge is -2.04. The van der Waals surface area contributed by atoms with Gasteiger partial charge in [-0.15, -0.1) is 24.2 Å². The minimum Gasteiger partial charge on any atom is -0.481 e. The first-order chi connectivity index (χ1) is 11.1. The molecular weight excluding hydrogens is 350 g/mol. The number of aromatic amines is 2. The van der Waals surface area contributed by atoms with Crippen LogP contribution in [0.4, 0.5) is 0 Å². The van der Waals surface area contributed by atoms with Crippen LogP contribution in [-0.2, 0) is 4.79 Å². The molecule has 0 fully saturated rings. The van der Waals surface area contributed by atoms with Gasteiger partial charge in [-0.1, -0.05) is 6.92 Å². The number of carbonyl (C=O) groups is 1. The summed E-state index contributed by atoms with van der Waals surface area (Å²) in [4.78, 5) is 28.2. The molecule has 3 aromatic rings. The molecule has 2 aromatic heterocycles. The fraction of sp³-hybridized carbons (Fsp3) is 0.250. The van der Waals surface area contributed by atoms with Crippen molar-refractivity contribution in [2.45, 2.75) is 18.2 Å². The van der Waals surface area contributed by atoms with E-state index in [1.165, 1.54) is 4.90 Å². The van der Waals surface area contributed by atoms with Gasteiger partial charge in [-0.3, -0.25) is 9.59 Å². The number of carboxylic acid groups (broad SMARTS) is 1. The number of thioether (sulfide) groups is 1. The highest BCUT2D eigenvalue weighted by molar-refractivity contribution is 7.99. The molecule has 6 nitrogen and oxygen atoms in total. The van der Waals surface area contributed by atoms with Gasteiger partial charge in [0.25, 0.3) is 5.56 Å². The number of benzene rings is 1. The smallest absolute Gasteiger partial charge is 0.303 e. The van der Waals surface area contributed by atoms with E-state index in [1.54, 1.807) is 24.9 Å². The molecule has 5 N–H and O–H groups in total. The van der Waals surface area contributed by atoms with Gasteiger partial charge < -0.3 is 20.8 Å². The van der Waals surface area contributed by atoms with Crippen LogP contribution >= 0.6 is 24.2 Å². The third-order valence-corrected chi connectivity index (χ3v) is 4.22. The van der Waals surface area contributed by atoms with Crippen LogP contribution in [0.15, 0.2) is 40.2 Å². The number of nitrogens with one attached hydrogen (secondary N) is 2. The fourth-order valence-electron chi connectivity index (χ4n) is 2.09. The zero-order valence-corrected chi connectivity index (χ0v) is 14.8. The number of carboxylic acids is 1. The number of fused-ring (bicyclic) bond motifs is 3. The quantitative estimate of drug-likeness (QED) is 0.528. The van der Waals surface area contributed by atoms with E-state index < -0.39 is 5.97 Å². The van der Waals surface area contributed by atoms with E-state index in [0.29, 0.717) is 12.1 Å². The lowest BCUT2D eigenvalue weighted by Crippen LogP contribution is -2.06. The molecule has 130 valence electrons. The second-order valence-electron chi connectivity index (χ2n) is 4.81. The summed E-state index contributed by atoms with van der Waals surface area (Å²) < 4.78 is 0. The topological polar surface area (TPSA) is 112 Å². The summed E-state index contributed by atoms with van der Waals surface area (Å²) >= 11 is 1.72. The van der Waals surface area contributed by atoms with Crippen molar-refractivity contribution < 1.29 is 9.90 Å². The van der Waals surface area contributed by atoms with Crippen molar-refractivity contribution in [1.82, 2.24) is 9.97 Å². The molecule has 24 heavy (non-hydrogen) atoms. The fourth-order valence-corrected chi connectivity index (χ4v) is 2.81. The van der Waals surface area contributed by atoms with Crippen molar-refractivity contribution in [3.05, 3.63) is 40.8 Å². The van der Waals surface area contributed by atoms with Crippen LogP contribution in [0, 0.1) is 0 Å². The second kappa shape index (κ2) is 9.36. The third-order valence-electron chi connectivity index (χ3n) is 3.19. The second-order valence-corrected chi connectivity index (χ2v) is 5.98. The van der Waals surface area contributed by atoms with Gasteiger partial charge in [0.05, 0.1) is 0 Å². The van der Waals surface area contributed by atoms with Gasteiger partial charge in [0, 0.05) is 46.1 Å². The van der Waals surface area contributed by atoms with Crippen molar-refractivity contribution >= 4 is 51.9 Å². The van der Waals surface area contributed by atoms with Gasteiger partial charge in [0.1, 0.15) is 5.52 Å². The van der Waals surface area contributed by atoms with Crippen molar-refractivity contribution in [3.63, 3.8) is 0 Å². The van der Waals surface area contributed by atoms with Crippen molar-refractivity contribution in [2.24, 2.45) is 5.73 Å². The lowest BCUT2D eigenvalue weighted by molar-refractivity contribution is -0.136. The van der Waals surface area contributed by atoms with E-state index in [4.69, 9.17) is 10.8 Å². The summed E-state index contributed by atoms with van der Waals surface area (Å²) in [6, 6.07) is 7.99. The van der Waals surface area contributed by atoms with Gasteiger partial charge >= 0.3 is 5.97 Å². The Morgan fingerprint density at radius 1 is 1.29 bits per heavy atom. The zero-order chi connectivity index (χ0) is 16.8. The average molecular weight is 370 g/mol. The molecule has 0 unspecified atom stereocenters. The van der Waals surface area contributed by atoms with Crippen LogP contribution in [0.2, 0.25) is 0 Å². The maximum atomic E-state index is 11.8. The maximum absolute atomic E-state index is 11.8. The highest BCUT2D eigenvalue weighted by atomic mass is 35.5. The molecule has 1 aromatic carbocycles. The van der Waals surface area contributed by atoms with E-state index in [0.717, 1.165) is 22.0 Å². The molecular formula is C16H20ClN3O3S. The van der Waals surface area contributed by atoms with Gasteiger partial charge in [-0.05, 0) is 24.3 Å². The van der Waals surface area contributed by atoms with E-state index >= 15 is 0 Å². The van der Waals surface area contributed by atoms with Crippen molar-refractivity contribution in [2.75, 3.05) is 12.3 Å². The number of H-pyrrole nitrogens is 2. The van der Waals surface area contributed by atoms with E-state index in [9.17, 15) is 9.59 Å². The highest BCUT2D eigenvalue weighted by Crippen LogP contribution is 2.26. The number of pyridine rings is 1. The van der Waals surface area contributed by atoms with Crippen LogP contribution in [0.3, 0.4) is 0 Å². The molecule has 0 bridgehead atoms. The summed E-state index contributed by atoms with van der Waals surface area (Å²) in [5, 5.41) is 9.75. The standard InChI is InChI=1S/C13H13N3OS.C3H6O2.ClH/c14-4-6-18-8-1-2-11-10(7-8)9-3-5-15-12(9)13(17)16-11;1-2-3(4)5;/h1-3,5,7,15H,4,6,14H2,(H,16,17);2H2,1H3,(H,4,5);1H. The first kappa shape index (κ1) is 20.1. The monoisotopic (exact) mass is 369 g/mol. The summed E-state index contributed by atoms with van der Waals surface area (Å²) in [7, 11) is 0. The molecule has 0 aliphatic heterocycles. The lowest BCUT2D eigenvalue weighted by atomic mass is 10.1. The molecule has 8 heteroatoms. The molecule has 0 amide bonds. The Morgan fingerprint density at radius 3 is 2.62 bits per heavy atom. The predicted molar refractivity (Wildman–Crippen MR) is 101 cm³/mol. The number of hydrogen-bond donors (Lipinski definition) is 4. The van der Waals surface area contributed by atoms with Gasteiger partial charge in [0.2, 0.25) is 0 Å². The van der Waals surface area contributed by atoms with Crippen molar-refractivity contribution in [3.8, 4) is 0 Å². The largest absolute Gasteiger partial charge is 0.481 e. The van der Waals surface area contributed by atoms with Crippen LogP contribution in [0.1, 0.15) is 13.3 Å². The summed E-state index contributed by atoms with van der Waals surface area (Å²) in [6.45, 7) is 2.26. The minimum atomic E-state index is -0.745. The molecule has 0 radical (unpaired) electrons. The normalized spacial score (nSPS) is 10.1. The molecule has 0 aliphatic carbocycles. The van der Waals surface area contributed by atoms with Gasteiger partial charge in [-0.25, -0.2) is 0 Å². The molecule has 0 atom stereocenters. The molecule has 2 heterocycles. The molecule has 0 saturated heterocycles. The van der Waals surface area contributed by atoms with Crippen LogP contribution in [-0.4, -0.2) is 33.3 Å². The van der Waals surface area contributed by atoms with Gasteiger partial charge in [0.15, 0.2) is 0 Å². The minimum absolute atomic E-state index is 0. The first-order valence-corrected chi connectivity index (χ1v) is 8.23. The zero-order valence-electron chi connectivity index (χ0n) is 13.2. The Bertz CT molecular complexity index is 876. The number of aromatic nitrogens is 2. The highest BCUT2D eigenvalue weighted by Gasteiger charge is 2.06. The van der Waals surface area contributed by atoms with Crippen LogP contribution in [0.25, 0.3) is 21.8 Å². The molecule has 0 aliphatic rings. The Balaban J connectivity index is 0.000000425.